The van der Waals surface area contributed by atoms with Crippen LogP contribution in [0.1, 0.15) is 16.2 Å². The molecule has 118 valence electrons. The van der Waals surface area contributed by atoms with E-state index in [2.05, 4.69) is 10.2 Å². The van der Waals surface area contributed by atoms with Crippen LogP contribution >= 0.6 is 0 Å². The van der Waals surface area contributed by atoms with Crippen LogP contribution in [0.3, 0.4) is 0 Å². The summed E-state index contributed by atoms with van der Waals surface area (Å²) in [6.07, 6.45) is 1.51. The number of benzene rings is 2. The summed E-state index contributed by atoms with van der Waals surface area (Å²) in [4.78, 5) is 12.2. The minimum atomic E-state index is -0.446. The smallest absolute Gasteiger partial charge is 0.338 e. The highest BCUT2D eigenvalue weighted by Crippen LogP contribution is 2.19. The molecule has 0 bridgehead atoms. The summed E-state index contributed by atoms with van der Waals surface area (Å²) in [5.74, 6) is 0.473. The Hall–Kier alpha value is -3.41. The van der Waals surface area contributed by atoms with E-state index in [1.165, 1.54) is 6.26 Å². The van der Waals surface area contributed by atoms with Crippen molar-refractivity contribution >= 4 is 16.7 Å². The Bertz CT molecular complexity index is 989. The molecule has 6 heteroatoms. The summed E-state index contributed by atoms with van der Waals surface area (Å²) in [6, 6.07) is 16.6. The van der Waals surface area contributed by atoms with Crippen LogP contribution in [0.2, 0.25) is 0 Å². The minimum absolute atomic E-state index is 0.0978. The number of esters is 1. The maximum atomic E-state index is 12.2. The number of hydrogen-bond donors (Lipinski definition) is 0. The molecule has 4 rings (SSSR count). The van der Waals surface area contributed by atoms with Gasteiger partial charge in [-0.2, -0.15) is 0 Å². The first-order valence-corrected chi connectivity index (χ1v) is 7.32. The van der Waals surface area contributed by atoms with Gasteiger partial charge in [0.25, 0.3) is 11.8 Å². The number of carbonyl (C=O) groups is 1. The Morgan fingerprint density at radius 1 is 1.00 bits per heavy atom. The van der Waals surface area contributed by atoms with E-state index in [1.807, 2.05) is 30.3 Å². The second-order valence-corrected chi connectivity index (χ2v) is 5.12. The first kappa shape index (κ1) is 14.2. The largest absolute Gasteiger partial charge is 0.459 e. The maximum Gasteiger partial charge on any atom is 0.338 e. The number of nitrogens with zero attached hydrogens (tertiary/aromatic N) is 2. The highest BCUT2D eigenvalue weighted by molar-refractivity contribution is 5.95. The lowest BCUT2D eigenvalue weighted by Gasteiger charge is -2.03. The summed E-state index contributed by atoms with van der Waals surface area (Å²) in [5, 5.41) is 9.72. The van der Waals surface area contributed by atoms with Gasteiger partial charge < -0.3 is 13.6 Å². The van der Waals surface area contributed by atoms with Crippen molar-refractivity contribution < 1.29 is 18.4 Å². The number of carbonyl (C=O) groups excluding carboxylic acids is 1. The fourth-order valence-corrected chi connectivity index (χ4v) is 2.34. The lowest BCUT2D eigenvalue weighted by Crippen LogP contribution is -2.05. The van der Waals surface area contributed by atoms with E-state index in [-0.39, 0.29) is 18.4 Å². The van der Waals surface area contributed by atoms with Crippen LogP contribution in [0.4, 0.5) is 0 Å². The highest BCUT2D eigenvalue weighted by atomic mass is 16.5. The number of furan rings is 1. The van der Waals surface area contributed by atoms with Gasteiger partial charge in [0.2, 0.25) is 0 Å². The molecule has 0 aliphatic heterocycles. The van der Waals surface area contributed by atoms with Crippen LogP contribution in [0.15, 0.2) is 69.7 Å². The molecule has 2 aromatic heterocycles. The molecule has 24 heavy (non-hydrogen) atoms. The number of aromatic nitrogens is 2. The molecular formula is C18H12N2O4. The topological polar surface area (TPSA) is 78.4 Å². The summed E-state index contributed by atoms with van der Waals surface area (Å²) in [7, 11) is 0. The van der Waals surface area contributed by atoms with Crippen molar-refractivity contribution in [3.05, 3.63) is 72.3 Å². The number of rotatable bonds is 4. The average molecular weight is 320 g/mol. The third kappa shape index (κ3) is 2.77. The maximum absolute atomic E-state index is 12.2. The lowest BCUT2D eigenvalue weighted by atomic mass is 10.1. The van der Waals surface area contributed by atoms with Gasteiger partial charge in [-0.25, -0.2) is 4.79 Å². The third-order valence-electron chi connectivity index (χ3n) is 3.51. The molecular weight excluding hydrogens is 308 g/mol. The van der Waals surface area contributed by atoms with Crippen molar-refractivity contribution in [2.75, 3.05) is 0 Å². The molecule has 0 N–H and O–H groups in total. The Kier molecular flexibility index (Phi) is 3.55. The highest BCUT2D eigenvalue weighted by Gasteiger charge is 2.14. The number of hydrogen-bond acceptors (Lipinski definition) is 6. The van der Waals surface area contributed by atoms with Crippen molar-refractivity contribution in [2.45, 2.75) is 6.61 Å². The van der Waals surface area contributed by atoms with Crippen molar-refractivity contribution in [2.24, 2.45) is 0 Å². The molecule has 2 aromatic carbocycles. The van der Waals surface area contributed by atoms with Gasteiger partial charge in [0.05, 0.1) is 11.8 Å². The summed E-state index contributed by atoms with van der Waals surface area (Å²) >= 11 is 0. The molecule has 0 saturated carbocycles. The van der Waals surface area contributed by atoms with E-state index in [0.717, 1.165) is 10.8 Å². The second-order valence-electron chi connectivity index (χ2n) is 5.12. The van der Waals surface area contributed by atoms with Crippen molar-refractivity contribution in [3.8, 4) is 11.7 Å². The zero-order valence-corrected chi connectivity index (χ0v) is 12.5. The molecule has 2 heterocycles. The van der Waals surface area contributed by atoms with Gasteiger partial charge in [0, 0.05) is 0 Å². The summed E-state index contributed by atoms with van der Waals surface area (Å²) < 4.78 is 15.8. The standard InChI is InChI=1S/C18H12N2O4/c21-18(14-8-7-12-4-1-2-5-13(12)10-14)23-11-16-19-20-17(24-16)15-6-3-9-22-15/h1-10H,11H2. The molecule has 0 aliphatic rings. The first-order chi connectivity index (χ1) is 11.8. The average Bonchev–Trinajstić information content (AvgIpc) is 3.30. The van der Waals surface area contributed by atoms with Gasteiger partial charge in [-0.05, 0) is 35.0 Å². The van der Waals surface area contributed by atoms with E-state index in [1.54, 1.807) is 24.3 Å². The van der Waals surface area contributed by atoms with Crippen LogP contribution in [0.5, 0.6) is 0 Å². The fourth-order valence-electron chi connectivity index (χ4n) is 2.34. The first-order valence-electron chi connectivity index (χ1n) is 7.32. The van der Waals surface area contributed by atoms with Gasteiger partial charge in [0.15, 0.2) is 12.4 Å². The van der Waals surface area contributed by atoms with Crippen LogP contribution in [-0.2, 0) is 11.3 Å². The van der Waals surface area contributed by atoms with Gasteiger partial charge in [0.1, 0.15) is 0 Å². The van der Waals surface area contributed by atoms with E-state index in [0.29, 0.717) is 11.3 Å². The molecule has 0 fully saturated rings. The van der Waals surface area contributed by atoms with E-state index < -0.39 is 5.97 Å². The lowest BCUT2D eigenvalue weighted by molar-refractivity contribution is 0.0439. The van der Waals surface area contributed by atoms with E-state index in [4.69, 9.17) is 13.6 Å². The van der Waals surface area contributed by atoms with Crippen LogP contribution in [-0.4, -0.2) is 16.2 Å². The molecule has 4 aromatic rings. The predicted octanol–water partition coefficient (Wildman–Crippen LogP) is 3.84. The van der Waals surface area contributed by atoms with Gasteiger partial charge >= 0.3 is 5.97 Å². The molecule has 0 radical (unpaired) electrons. The molecule has 0 saturated heterocycles. The van der Waals surface area contributed by atoms with Gasteiger partial charge in [-0.15, -0.1) is 10.2 Å². The predicted molar refractivity (Wildman–Crippen MR) is 85.1 cm³/mol. The minimum Gasteiger partial charge on any atom is -0.459 e. The molecule has 6 nitrogen and oxygen atoms in total. The number of ether oxygens (including phenoxy) is 1. The molecule has 0 amide bonds. The normalized spacial score (nSPS) is 10.8. The van der Waals surface area contributed by atoms with Gasteiger partial charge in [-0.1, -0.05) is 30.3 Å². The van der Waals surface area contributed by atoms with Crippen molar-refractivity contribution in [3.63, 3.8) is 0 Å². The quantitative estimate of drug-likeness (QED) is 0.532. The third-order valence-corrected chi connectivity index (χ3v) is 3.51. The zero-order chi connectivity index (χ0) is 16.4. The molecule has 0 spiro atoms. The Morgan fingerprint density at radius 3 is 2.71 bits per heavy atom. The Morgan fingerprint density at radius 2 is 1.88 bits per heavy atom. The second kappa shape index (κ2) is 6.00. The van der Waals surface area contributed by atoms with Crippen LogP contribution < -0.4 is 0 Å². The van der Waals surface area contributed by atoms with Crippen LogP contribution in [0.25, 0.3) is 22.4 Å². The summed E-state index contributed by atoms with van der Waals surface area (Å²) in [5.41, 5.74) is 0.472. The Balaban J connectivity index is 1.46. The zero-order valence-electron chi connectivity index (χ0n) is 12.5. The number of fused-ring (bicyclic) bond motifs is 1. The summed E-state index contributed by atoms with van der Waals surface area (Å²) in [6.45, 7) is -0.0978. The van der Waals surface area contributed by atoms with E-state index >= 15 is 0 Å². The van der Waals surface area contributed by atoms with Gasteiger partial charge in [-0.3, -0.25) is 0 Å². The van der Waals surface area contributed by atoms with E-state index in [9.17, 15) is 4.79 Å². The SMILES string of the molecule is O=C(OCc1nnc(-c2ccco2)o1)c1ccc2ccccc2c1. The monoisotopic (exact) mass is 320 g/mol. The van der Waals surface area contributed by atoms with Crippen molar-refractivity contribution in [1.82, 2.24) is 10.2 Å². The van der Waals surface area contributed by atoms with Crippen LogP contribution in [0, 0.1) is 0 Å². The van der Waals surface area contributed by atoms with Crippen molar-refractivity contribution in [1.29, 1.82) is 0 Å². The molecule has 0 aliphatic carbocycles. The molecule has 0 atom stereocenters. The fraction of sp³-hybridized carbons (Fsp3) is 0.0556. The Labute approximate surface area is 136 Å². The molecule has 0 unspecified atom stereocenters.